The van der Waals surface area contributed by atoms with Crippen molar-refractivity contribution in [3.8, 4) is 0 Å². The number of hydrogen-bond donors (Lipinski definition) is 5. The van der Waals surface area contributed by atoms with E-state index in [9.17, 15) is 48.3 Å². The molecular formula is C62H83BrCl2N6O15. The first-order valence-corrected chi connectivity index (χ1v) is 30.7. The summed E-state index contributed by atoms with van der Waals surface area (Å²) in [5.74, 6) is -5.25. The molecule has 0 spiro atoms. The van der Waals surface area contributed by atoms with E-state index in [2.05, 4.69) is 38.5 Å². The fourth-order valence-electron chi connectivity index (χ4n) is 10.6. The van der Waals surface area contributed by atoms with Crippen molar-refractivity contribution in [1.29, 1.82) is 0 Å². The number of alkyl carbamates (subject to hydrolysis) is 1. The van der Waals surface area contributed by atoms with Gasteiger partial charge in [0.05, 0.1) is 46.5 Å². The first-order valence-electron chi connectivity index (χ1n) is 28.8. The van der Waals surface area contributed by atoms with Crippen molar-refractivity contribution >= 4 is 98.2 Å². The highest BCUT2D eigenvalue weighted by Crippen LogP contribution is 2.49. The number of fused-ring (bicyclic) bond motifs is 5. The minimum atomic E-state index is -1.90. The predicted octanol–water partition coefficient (Wildman–Crippen LogP) is 8.11. The first-order chi connectivity index (χ1) is 40.4. The van der Waals surface area contributed by atoms with E-state index in [4.69, 9.17) is 52.6 Å². The maximum absolute atomic E-state index is 14.5. The Balaban J connectivity index is 1.31. The van der Waals surface area contributed by atoms with Gasteiger partial charge >= 0.3 is 24.1 Å². The fourth-order valence-corrected chi connectivity index (χ4v) is 11.3. The zero-order chi connectivity index (χ0) is 64.0. The van der Waals surface area contributed by atoms with Crippen LogP contribution >= 0.6 is 39.1 Å². The van der Waals surface area contributed by atoms with E-state index in [-0.39, 0.29) is 74.0 Å². The van der Waals surface area contributed by atoms with Crippen molar-refractivity contribution in [2.45, 2.75) is 167 Å². The number of carbonyl (C=O) groups excluding carboxylic acids is 9. The molecule has 0 saturated carbocycles. The van der Waals surface area contributed by atoms with E-state index in [0.29, 0.717) is 58.4 Å². The van der Waals surface area contributed by atoms with E-state index in [1.807, 2.05) is 45.9 Å². The third kappa shape index (κ3) is 18.9. The van der Waals surface area contributed by atoms with Gasteiger partial charge in [-0.2, -0.15) is 0 Å². The third-order valence-corrected chi connectivity index (χ3v) is 17.6. The number of carbonyl (C=O) groups is 9. The van der Waals surface area contributed by atoms with Crippen molar-refractivity contribution in [1.82, 2.24) is 20.9 Å². The Morgan fingerprint density at radius 1 is 1.05 bits per heavy atom. The second-order valence-electron chi connectivity index (χ2n) is 23.2. The number of nitrogens with two attached hydrogens (primary N) is 1. The van der Waals surface area contributed by atoms with E-state index < -0.39 is 114 Å². The number of alkyl halides is 1. The van der Waals surface area contributed by atoms with Gasteiger partial charge in [0.25, 0.3) is 5.91 Å². The van der Waals surface area contributed by atoms with Gasteiger partial charge in [-0.15, -0.1) is 0 Å². The minimum absolute atomic E-state index is 0.0188. The number of ketones is 2. The molecule has 5 rings (SSSR count). The molecule has 6 amide bonds. The number of epoxide rings is 1. The minimum Gasteiger partial charge on any atom is -0.462 e. The number of hydrogen-bond acceptors (Lipinski definition) is 15. The van der Waals surface area contributed by atoms with Crippen LogP contribution in [0.3, 0.4) is 0 Å². The number of aryl methyl sites for hydroxylation is 1. The highest BCUT2D eigenvalue weighted by molar-refractivity contribution is 9.09. The molecule has 6 N–H and O–H groups in total. The SMILES string of the molecule is C=C(CBr)C(=O)OCCCCCC(=O)C[C@H](C(=O)N[C@@H](CCCNC(N)=O)C(=O)Cc1ccc(C(=O)N(C)[C@@H](C)C(=O)O[C@H]2CC(=O)N(C)c3cc(cc(C)c3Cl)C/C(C)=C/C=C/[C@@H](OC)[C@@]3(O)C[C@H](OC(=O)N3)[C@@H](C)[C@@H]3O[C@@]23C)c(Cl)c1)C(C)C. The number of ether oxygens (including phenoxy) is 5. The number of primary amides is 1. The van der Waals surface area contributed by atoms with Crippen LogP contribution in [-0.2, 0) is 65.3 Å². The lowest BCUT2D eigenvalue weighted by atomic mass is 9.83. The maximum Gasteiger partial charge on any atom is 0.409 e. The summed E-state index contributed by atoms with van der Waals surface area (Å²) in [5.41, 5.74) is 5.59. The number of aliphatic hydroxyl groups is 1. The van der Waals surface area contributed by atoms with Crippen LogP contribution in [0.15, 0.2) is 66.3 Å². The summed E-state index contributed by atoms with van der Waals surface area (Å²) in [4.78, 5) is 123. The summed E-state index contributed by atoms with van der Waals surface area (Å²) in [6.07, 6.45) is 2.27. The molecule has 0 unspecified atom stereocenters. The second kappa shape index (κ2) is 31.7. The average Bonchev–Trinajstić information content (AvgIpc) is 1.61. The van der Waals surface area contributed by atoms with Gasteiger partial charge in [-0.05, 0) is 107 Å². The molecule has 2 aromatic carbocycles. The van der Waals surface area contributed by atoms with Crippen LogP contribution in [0.5, 0.6) is 0 Å². The molecular weight excluding hydrogens is 1220 g/mol. The zero-order valence-electron chi connectivity index (χ0n) is 50.7. The van der Waals surface area contributed by atoms with Gasteiger partial charge in [0.2, 0.25) is 11.8 Å². The summed E-state index contributed by atoms with van der Waals surface area (Å²) >= 11 is 16.8. The molecule has 472 valence electrons. The van der Waals surface area contributed by atoms with Crippen LogP contribution in [0, 0.1) is 24.7 Å². The summed E-state index contributed by atoms with van der Waals surface area (Å²) in [6.45, 7) is 16.2. The highest BCUT2D eigenvalue weighted by atomic mass is 79.9. The standard InChI is InChI=1S/C62H83BrCl2N6O15/c1-34(2)44(30-42(72)18-13-12-14-24-83-57(77)37(5)33-63)55(75)68-46(19-16-23-67-59(66)79)48(73)29-40-21-22-43(45(64)27-40)56(76)70(9)39(7)58(78)85-51-31-52(74)71(10)47-28-41(26-36(4)53(47)65)25-35(3)17-15-20-50(82-11)62(81)32-49(84-60(80)69-62)38(6)54-61(51,8)86-54/h15,17,20-22,26-28,34,38-39,44,46,49-51,54,81H,5,12-14,16,18-19,23-25,29-33H2,1-4,6-11H3,(H,68,75)(H,69,80)(H3,66,67,79)/b20-15+,35-17+/t38-,39+,44+,46+,49+,50-,51+,54+,61+,62+/m1/s1. The molecule has 0 aliphatic carbocycles. The second-order valence-corrected chi connectivity index (χ2v) is 24.5. The van der Waals surface area contributed by atoms with Crippen LogP contribution in [0.1, 0.15) is 126 Å². The van der Waals surface area contributed by atoms with Crippen LogP contribution in [0.2, 0.25) is 10.0 Å². The topological polar surface area (TPSA) is 292 Å². The number of nitrogens with one attached hydrogen (secondary N) is 3. The molecule has 24 heteroatoms. The van der Waals surface area contributed by atoms with Gasteiger partial charge in [0, 0.05) is 76.2 Å². The van der Waals surface area contributed by atoms with Crippen LogP contribution in [0.25, 0.3) is 0 Å². The number of methoxy groups -OCH3 is 1. The normalized spacial score (nSPS) is 24.2. The number of allylic oxidation sites excluding steroid dienone is 3. The number of esters is 2. The largest absolute Gasteiger partial charge is 0.462 e. The number of Topliss-reactive ketones (excluding diaryl/α,β-unsaturated/α-hetero) is 2. The summed E-state index contributed by atoms with van der Waals surface area (Å²) < 4.78 is 29.1. The van der Waals surface area contributed by atoms with Gasteiger partial charge in [-0.1, -0.05) is 102 Å². The third-order valence-electron chi connectivity index (χ3n) is 16.1. The zero-order valence-corrected chi connectivity index (χ0v) is 53.8. The summed E-state index contributed by atoms with van der Waals surface area (Å²) in [6, 6.07) is 5.00. The lowest BCUT2D eigenvalue weighted by molar-refractivity contribution is -0.158. The smallest absolute Gasteiger partial charge is 0.409 e. The number of nitrogens with zero attached hydrogens (tertiary/aromatic N) is 2. The fraction of sp³-hybridized carbons (Fsp3) is 0.565. The summed E-state index contributed by atoms with van der Waals surface area (Å²) in [5, 5.41) is 20.3. The Morgan fingerprint density at radius 2 is 1.76 bits per heavy atom. The van der Waals surface area contributed by atoms with Gasteiger partial charge in [0.15, 0.2) is 11.5 Å². The Hall–Kier alpha value is -6.17. The summed E-state index contributed by atoms with van der Waals surface area (Å²) in [7, 11) is 4.35. The number of likely N-dealkylation sites (N-methyl/N-ethyl adjacent to an activating group) is 1. The molecule has 21 nitrogen and oxygen atoms in total. The molecule has 3 aliphatic heterocycles. The number of anilines is 1. The lowest BCUT2D eigenvalue weighted by Crippen LogP contribution is -2.63. The van der Waals surface area contributed by atoms with Crippen molar-refractivity contribution in [2.75, 3.05) is 44.6 Å². The van der Waals surface area contributed by atoms with Crippen molar-refractivity contribution in [2.24, 2.45) is 23.5 Å². The van der Waals surface area contributed by atoms with Gasteiger partial charge in [-0.3, -0.25) is 29.3 Å². The van der Waals surface area contributed by atoms with Gasteiger partial charge < -0.3 is 55.0 Å². The number of unbranched alkanes of at least 4 members (excludes halogenated alkanes) is 2. The van der Waals surface area contributed by atoms with Gasteiger partial charge in [0.1, 0.15) is 35.7 Å². The van der Waals surface area contributed by atoms with Crippen LogP contribution in [0.4, 0.5) is 15.3 Å². The Labute approximate surface area is 521 Å². The molecule has 0 aromatic heterocycles. The predicted molar refractivity (Wildman–Crippen MR) is 328 cm³/mol. The molecule has 10 atom stereocenters. The number of amides is 6. The molecule has 0 radical (unpaired) electrons. The monoisotopic (exact) mass is 1300 g/mol. The molecule has 3 aliphatic rings. The van der Waals surface area contributed by atoms with Crippen LogP contribution in [-0.4, -0.2) is 151 Å². The van der Waals surface area contributed by atoms with E-state index >= 15 is 0 Å². The van der Waals surface area contributed by atoms with E-state index in [1.165, 1.54) is 44.2 Å². The van der Waals surface area contributed by atoms with Crippen molar-refractivity contribution in [3.63, 3.8) is 0 Å². The van der Waals surface area contributed by atoms with E-state index in [0.717, 1.165) is 16.0 Å². The highest BCUT2D eigenvalue weighted by Gasteiger charge is 2.64. The number of urea groups is 1. The lowest BCUT2D eigenvalue weighted by Gasteiger charge is -2.42. The number of rotatable bonds is 25. The van der Waals surface area contributed by atoms with E-state index in [1.54, 1.807) is 33.0 Å². The molecule has 2 fully saturated rings. The quantitative estimate of drug-likeness (QED) is 0.0157. The maximum atomic E-state index is 14.5. The Kier molecular flexibility index (Phi) is 26.0. The molecule has 3 heterocycles. The number of benzene rings is 2. The van der Waals surface area contributed by atoms with Gasteiger partial charge in [-0.25, -0.2) is 19.2 Å². The Morgan fingerprint density at radius 3 is 2.41 bits per heavy atom. The van der Waals surface area contributed by atoms with Crippen molar-refractivity contribution < 1.29 is 71.9 Å². The molecule has 86 heavy (non-hydrogen) atoms. The Bertz CT molecular complexity index is 2940. The number of halogens is 3. The molecule has 2 aromatic rings. The van der Waals surface area contributed by atoms with Crippen LogP contribution < -0.4 is 26.6 Å². The molecule has 2 saturated heterocycles. The molecule has 4 bridgehead atoms. The van der Waals surface area contributed by atoms with Crippen molar-refractivity contribution in [3.05, 3.63) is 98.6 Å². The first kappa shape index (κ1) is 70.6. The average molecular weight is 1300 g/mol.